The van der Waals surface area contributed by atoms with Crippen molar-refractivity contribution in [3.8, 4) is 0 Å². The number of esters is 3. The SMILES string of the molecule is CC/C=C\C/C=C\C/C=C\C/C=C\C/C=C\C/C=C\CCCCC(=O)OC(COC(=O)CCCCCCCCCCCCCCC)COC(=O)CCCCCCCCCCCCCCCCC/C=C\CCCCCCCCCC. The highest BCUT2D eigenvalue weighted by molar-refractivity contribution is 5.71. The van der Waals surface area contributed by atoms with Crippen LogP contribution < -0.4 is 0 Å². The zero-order chi connectivity index (χ0) is 57.1. The molecule has 1 atom stereocenters. The van der Waals surface area contributed by atoms with Crippen molar-refractivity contribution in [2.45, 2.75) is 348 Å². The number of carbonyl (C=O) groups is 3. The van der Waals surface area contributed by atoms with Gasteiger partial charge in [-0.05, 0) is 96.3 Å². The fourth-order valence-electron chi connectivity index (χ4n) is 9.80. The summed E-state index contributed by atoms with van der Waals surface area (Å²) in [6, 6.07) is 0. The highest BCUT2D eigenvalue weighted by Gasteiger charge is 2.19. The van der Waals surface area contributed by atoms with Crippen molar-refractivity contribution in [3.63, 3.8) is 0 Å². The summed E-state index contributed by atoms with van der Waals surface area (Å²) in [4.78, 5) is 38.3. The lowest BCUT2D eigenvalue weighted by Crippen LogP contribution is -2.30. The maximum Gasteiger partial charge on any atom is 0.306 e. The van der Waals surface area contributed by atoms with E-state index in [1.807, 2.05) is 0 Å². The second kappa shape index (κ2) is 67.1. The van der Waals surface area contributed by atoms with E-state index in [1.165, 1.54) is 205 Å². The molecule has 0 heterocycles. The van der Waals surface area contributed by atoms with Crippen molar-refractivity contribution in [2.24, 2.45) is 0 Å². The first-order valence-electron chi connectivity index (χ1n) is 34.1. The van der Waals surface area contributed by atoms with E-state index in [9.17, 15) is 14.4 Å². The third-order valence-corrected chi connectivity index (χ3v) is 14.9. The predicted molar refractivity (Wildman–Crippen MR) is 344 cm³/mol. The highest BCUT2D eigenvalue weighted by atomic mass is 16.6. The Morgan fingerprint density at radius 2 is 0.494 bits per heavy atom. The molecule has 0 spiro atoms. The predicted octanol–water partition coefficient (Wildman–Crippen LogP) is 23.4. The molecule has 0 radical (unpaired) electrons. The maximum absolute atomic E-state index is 12.9. The number of hydrogen-bond acceptors (Lipinski definition) is 6. The molecule has 0 saturated heterocycles. The summed E-state index contributed by atoms with van der Waals surface area (Å²) in [6.45, 7) is 6.53. The van der Waals surface area contributed by atoms with Gasteiger partial charge in [-0.2, -0.15) is 0 Å². The van der Waals surface area contributed by atoms with Crippen LogP contribution in [0.2, 0.25) is 0 Å². The third-order valence-electron chi connectivity index (χ3n) is 14.9. The minimum Gasteiger partial charge on any atom is -0.462 e. The van der Waals surface area contributed by atoms with Crippen LogP contribution in [0.3, 0.4) is 0 Å². The fraction of sp³-hybridized carbons (Fsp3) is 0.767. The maximum atomic E-state index is 12.9. The lowest BCUT2D eigenvalue weighted by molar-refractivity contribution is -0.167. The van der Waals surface area contributed by atoms with Crippen molar-refractivity contribution >= 4 is 17.9 Å². The first kappa shape index (κ1) is 75.6. The number of allylic oxidation sites excluding steroid dienone is 14. The van der Waals surface area contributed by atoms with Gasteiger partial charge in [0.15, 0.2) is 6.10 Å². The molecule has 0 aliphatic heterocycles. The van der Waals surface area contributed by atoms with Gasteiger partial charge in [0, 0.05) is 19.3 Å². The second-order valence-electron chi connectivity index (χ2n) is 22.7. The normalized spacial score (nSPS) is 12.6. The molecule has 456 valence electrons. The van der Waals surface area contributed by atoms with E-state index in [2.05, 4.69) is 106 Å². The van der Waals surface area contributed by atoms with Crippen LogP contribution in [0.5, 0.6) is 0 Å². The van der Waals surface area contributed by atoms with Crippen LogP contribution >= 0.6 is 0 Å². The molecule has 0 amide bonds. The largest absolute Gasteiger partial charge is 0.462 e. The van der Waals surface area contributed by atoms with Gasteiger partial charge in [-0.25, -0.2) is 0 Å². The van der Waals surface area contributed by atoms with Crippen LogP contribution in [0, 0.1) is 0 Å². The third kappa shape index (κ3) is 65.3. The summed E-state index contributed by atoms with van der Waals surface area (Å²) in [5, 5.41) is 0. The molecule has 79 heavy (non-hydrogen) atoms. The van der Waals surface area contributed by atoms with Gasteiger partial charge < -0.3 is 14.2 Å². The van der Waals surface area contributed by atoms with Crippen molar-refractivity contribution in [3.05, 3.63) is 85.1 Å². The van der Waals surface area contributed by atoms with E-state index in [-0.39, 0.29) is 37.5 Å². The number of carbonyl (C=O) groups excluding carboxylic acids is 3. The molecule has 0 aliphatic carbocycles. The zero-order valence-electron chi connectivity index (χ0n) is 52.4. The van der Waals surface area contributed by atoms with Gasteiger partial charge in [0.2, 0.25) is 0 Å². The van der Waals surface area contributed by atoms with Crippen molar-refractivity contribution in [2.75, 3.05) is 13.2 Å². The minimum absolute atomic E-state index is 0.0907. The first-order valence-corrected chi connectivity index (χ1v) is 34.1. The van der Waals surface area contributed by atoms with Crippen LogP contribution in [0.4, 0.5) is 0 Å². The summed E-state index contributed by atoms with van der Waals surface area (Å²) < 4.78 is 16.9. The number of rotatable bonds is 62. The van der Waals surface area contributed by atoms with Gasteiger partial charge in [0.25, 0.3) is 0 Å². The molecule has 0 saturated carbocycles. The van der Waals surface area contributed by atoms with E-state index in [0.29, 0.717) is 19.3 Å². The smallest absolute Gasteiger partial charge is 0.306 e. The molecular weight excluding hydrogens is 973 g/mol. The lowest BCUT2D eigenvalue weighted by atomic mass is 10.0. The summed E-state index contributed by atoms with van der Waals surface area (Å²) in [5.41, 5.74) is 0. The molecule has 1 unspecified atom stereocenters. The van der Waals surface area contributed by atoms with E-state index in [4.69, 9.17) is 14.2 Å². The molecule has 0 aliphatic rings. The summed E-state index contributed by atoms with van der Waals surface area (Å²) in [6.07, 6.45) is 89.0. The molecule has 0 rings (SSSR count). The average Bonchev–Trinajstić information content (AvgIpc) is 3.45. The van der Waals surface area contributed by atoms with Crippen molar-refractivity contribution < 1.29 is 28.6 Å². The topological polar surface area (TPSA) is 78.9 Å². The second-order valence-corrected chi connectivity index (χ2v) is 22.7. The Hall–Kier alpha value is -3.41. The summed E-state index contributed by atoms with van der Waals surface area (Å²) in [7, 11) is 0. The average molecular weight is 1100 g/mol. The quantitative estimate of drug-likeness (QED) is 0.0261. The molecule has 0 aromatic rings. The lowest BCUT2D eigenvalue weighted by Gasteiger charge is -2.18. The van der Waals surface area contributed by atoms with E-state index >= 15 is 0 Å². The van der Waals surface area contributed by atoms with Crippen LogP contribution in [0.15, 0.2) is 85.1 Å². The fourth-order valence-corrected chi connectivity index (χ4v) is 9.80. The van der Waals surface area contributed by atoms with E-state index in [0.717, 1.165) is 89.9 Å². The summed E-state index contributed by atoms with van der Waals surface area (Å²) in [5.74, 6) is -0.918. The van der Waals surface area contributed by atoms with Gasteiger partial charge in [0.1, 0.15) is 13.2 Å². The Morgan fingerprint density at radius 3 is 0.810 bits per heavy atom. The van der Waals surface area contributed by atoms with Crippen molar-refractivity contribution in [1.82, 2.24) is 0 Å². The van der Waals surface area contributed by atoms with Gasteiger partial charge >= 0.3 is 17.9 Å². The Morgan fingerprint density at radius 1 is 0.266 bits per heavy atom. The molecule has 0 aromatic carbocycles. The molecule has 6 nitrogen and oxygen atoms in total. The molecule has 6 heteroatoms. The number of ether oxygens (including phenoxy) is 3. The van der Waals surface area contributed by atoms with Crippen LogP contribution in [0.25, 0.3) is 0 Å². The van der Waals surface area contributed by atoms with Crippen molar-refractivity contribution in [1.29, 1.82) is 0 Å². The first-order chi connectivity index (χ1) is 39.0. The number of unbranched alkanes of at least 4 members (excludes halogenated alkanes) is 37. The molecule has 0 aromatic heterocycles. The highest BCUT2D eigenvalue weighted by Crippen LogP contribution is 2.17. The summed E-state index contributed by atoms with van der Waals surface area (Å²) >= 11 is 0. The van der Waals surface area contributed by atoms with Gasteiger partial charge in [-0.1, -0.05) is 311 Å². The van der Waals surface area contributed by atoms with E-state index in [1.54, 1.807) is 0 Å². The van der Waals surface area contributed by atoms with E-state index < -0.39 is 6.10 Å². The Kier molecular flexibility index (Phi) is 64.2. The molecule has 0 fully saturated rings. The Bertz CT molecular complexity index is 1500. The molecule has 0 N–H and O–H groups in total. The van der Waals surface area contributed by atoms with Crippen LogP contribution in [-0.2, 0) is 28.6 Å². The monoisotopic (exact) mass is 1100 g/mol. The van der Waals surface area contributed by atoms with Crippen LogP contribution in [0.1, 0.15) is 342 Å². The Labute approximate surface area is 490 Å². The number of hydrogen-bond donors (Lipinski definition) is 0. The molecule has 0 bridgehead atoms. The minimum atomic E-state index is -0.799. The zero-order valence-corrected chi connectivity index (χ0v) is 52.4. The van der Waals surface area contributed by atoms with Gasteiger partial charge in [0.05, 0.1) is 0 Å². The van der Waals surface area contributed by atoms with Gasteiger partial charge in [-0.15, -0.1) is 0 Å². The molecular formula is C73H128O6. The van der Waals surface area contributed by atoms with Gasteiger partial charge in [-0.3, -0.25) is 14.4 Å². The van der Waals surface area contributed by atoms with Crippen LogP contribution in [-0.4, -0.2) is 37.2 Å². The Balaban J connectivity index is 4.32. The standard InChI is InChI=1S/C73H128O6/c1-4-7-10-13-16-19-22-25-27-29-31-33-34-35-36-37-38-40-41-43-45-48-51-54-57-60-63-66-72(75)78-69-70(68-77-71(74)65-62-59-56-53-50-47-24-21-18-15-12-9-6-3)79-73(76)67-64-61-58-55-52-49-46-44-42-39-32-30-28-26-23-20-17-14-11-8-5-2/h8,11,17,20,26,28-29,31-32,39,44,46,52,55,70H,4-7,9-10,12-16,18-19,21-25,27,30,33-38,40-43,45,47-51,53-54,56-69H2,1-3H3/b11-8-,20-17-,28-26-,31-29-,39-32-,46-44-,55-52-.